The van der Waals surface area contributed by atoms with Crippen LogP contribution >= 0.6 is 46.4 Å². The Kier molecular flexibility index (Phi) is 13.9. The molecule has 0 saturated carbocycles. The van der Waals surface area contributed by atoms with Crippen molar-refractivity contribution in [1.29, 1.82) is 0 Å². The Hall–Kier alpha value is -7.10. The van der Waals surface area contributed by atoms with Gasteiger partial charge >= 0.3 is 11.9 Å². The molecule has 1 atom stereocenters. The lowest BCUT2D eigenvalue weighted by Gasteiger charge is -2.17. The van der Waals surface area contributed by atoms with Gasteiger partial charge in [0.25, 0.3) is 17.7 Å². The van der Waals surface area contributed by atoms with E-state index >= 15 is 0 Å². The van der Waals surface area contributed by atoms with E-state index in [1.54, 1.807) is 36.4 Å². The first-order chi connectivity index (χ1) is 31.1. The van der Waals surface area contributed by atoms with Crippen LogP contribution in [-0.2, 0) is 11.2 Å². The highest BCUT2D eigenvalue weighted by Crippen LogP contribution is 2.42. The SMILES string of the molecule is O=C(NCCCOc1cc(Cl)c(C(=O)NC(Cc2ccc(NC(=O)c3c(Cl)cccc3Cl)cc2)C(=O)O)c(Cl)c1)c1ccc(C(=O)O)c(-c2c3ccc(=O)cc-3oc3cc(O)ccc23)c1. The number of rotatable bonds is 15. The number of phenols is 1. The first-order valence-electron chi connectivity index (χ1n) is 19.4. The van der Waals surface area contributed by atoms with Crippen molar-refractivity contribution in [1.82, 2.24) is 10.6 Å². The summed E-state index contributed by atoms with van der Waals surface area (Å²) in [7, 11) is 0. The number of fused-ring (bicyclic) bond motifs is 2. The Balaban J connectivity index is 0.956. The Morgan fingerprint density at radius 1 is 0.708 bits per heavy atom. The third-order valence-corrected chi connectivity index (χ3v) is 11.2. The van der Waals surface area contributed by atoms with Gasteiger partial charge in [-0.2, -0.15) is 0 Å². The second-order valence-corrected chi connectivity index (χ2v) is 16.0. The number of aromatic hydroxyl groups is 1. The van der Waals surface area contributed by atoms with Gasteiger partial charge < -0.3 is 40.4 Å². The largest absolute Gasteiger partial charge is 0.508 e. The number of benzene rings is 6. The number of amides is 3. The van der Waals surface area contributed by atoms with E-state index in [1.807, 2.05) is 0 Å². The van der Waals surface area contributed by atoms with E-state index in [2.05, 4.69) is 16.0 Å². The van der Waals surface area contributed by atoms with Gasteiger partial charge in [0.1, 0.15) is 28.9 Å². The molecule has 18 heteroatoms. The van der Waals surface area contributed by atoms with Gasteiger partial charge in [0.15, 0.2) is 5.43 Å². The molecular weight excluding hydrogens is 924 g/mol. The van der Waals surface area contributed by atoms with Crippen LogP contribution in [0.4, 0.5) is 5.69 Å². The van der Waals surface area contributed by atoms with Gasteiger partial charge in [-0.15, -0.1) is 0 Å². The van der Waals surface area contributed by atoms with Crippen molar-refractivity contribution in [3.05, 3.63) is 167 Å². The van der Waals surface area contributed by atoms with E-state index in [0.29, 0.717) is 34.2 Å². The number of ether oxygens (including phenoxy) is 1. The zero-order valence-electron chi connectivity index (χ0n) is 33.4. The van der Waals surface area contributed by atoms with Crippen LogP contribution in [0.25, 0.3) is 33.4 Å². The molecule has 0 aromatic heterocycles. The van der Waals surface area contributed by atoms with Gasteiger partial charge in [0.2, 0.25) is 0 Å². The maximum atomic E-state index is 13.4. The molecule has 5 aromatic rings. The van der Waals surface area contributed by atoms with Gasteiger partial charge in [-0.3, -0.25) is 19.2 Å². The molecule has 14 nitrogen and oxygen atoms in total. The van der Waals surface area contributed by atoms with E-state index in [9.17, 15) is 44.1 Å². The number of carboxylic acid groups (broad SMARTS) is 2. The zero-order chi connectivity index (χ0) is 46.5. The van der Waals surface area contributed by atoms with E-state index in [-0.39, 0.29) is 95.8 Å². The summed E-state index contributed by atoms with van der Waals surface area (Å²) in [6, 6.07) is 24.8. The molecular formula is C47H33Cl4N3O11. The van der Waals surface area contributed by atoms with Crippen molar-refractivity contribution in [2.24, 2.45) is 0 Å². The average molecular weight is 958 g/mol. The van der Waals surface area contributed by atoms with Crippen molar-refractivity contribution < 1.29 is 48.4 Å². The maximum absolute atomic E-state index is 13.4. The van der Waals surface area contributed by atoms with E-state index in [0.717, 1.165) is 0 Å². The van der Waals surface area contributed by atoms with Crippen LogP contribution in [0.2, 0.25) is 20.1 Å². The maximum Gasteiger partial charge on any atom is 0.336 e. The van der Waals surface area contributed by atoms with Crippen LogP contribution in [0.3, 0.4) is 0 Å². The molecule has 0 fully saturated rings. The van der Waals surface area contributed by atoms with Gasteiger partial charge in [-0.1, -0.05) is 64.6 Å². The number of nitrogens with one attached hydrogen (secondary N) is 3. The smallest absolute Gasteiger partial charge is 0.336 e. The fourth-order valence-electron chi connectivity index (χ4n) is 6.94. The summed E-state index contributed by atoms with van der Waals surface area (Å²) in [4.78, 5) is 76.2. The number of carboxylic acids is 2. The molecule has 65 heavy (non-hydrogen) atoms. The number of aromatic carboxylic acids is 1. The van der Waals surface area contributed by atoms with Crippen LogP contribution in [0.5, 0.6) is 11.5 Å². The van der Waals surface area contributed by atoms with Crippen LogP contribution in [-0.4, -0.2) is 64.2 Å². The van der Waals surface area contributed by atoms with Crippen LogP contribution in [0.1, 0.15) is 53.4 Å². The quantitative estimate of drug-likeness (QED) is 0.0420. The van der Waals surface area contributed by atoms with Crippen LogP contribution < -0.4 is 26.1 Å². The molecule has 1 heterocycles. The van der Waals surface area contributed by atoms with Crippen LogP contribution in [0.15, 0.2) is 118 Å². The van der Waals surface area contributed by atoms with Gasteiger partial charge in [-0.25, -0.2) is 9.59 Å². The third kappa shape index (κ3) is 10.5. The lowest BCUT2D eigenvalue weighted by Crippen LogP contribution is -2.42. The Labute approximate surface area is 388 Å². The van der Waals surface area contributed by atoms with Crippen molar-refractivity contribution in [2.45, 2.75) is 18.9 Å². The Morgan fingerprint density at radius 2 is 1.40 bits per heavy atom. The number of hydrogen-bond acceptors (Lipinski definition) is 9. The zero-order valence-corrected chi connectivity index (χ0v) is 36.4. The predicted octanol–water partition coefficient (Wildman–Crippen LogP) is 9.46. The Morgan fingerprint density at radius 3 is 2.08 bits per heavy atom. The number of hydrogen-bond donors (Lipinski definition) is 6. The van der Waals surface area contributed by atoms with E-state index < -0.39 is 35.7 Å². The first-order valence-corrected chi connectivity index (χ1v) is 20.9. The topological polar surface area (TPSA) is 222 Å². The summed E-state index contributed by atoms with van der Waals surface area (Å²) in [6.45, 7) is 0.197. The summed E-state index contributed by atoms with van der Waals surface area (Å²) >= 11 is 25.1. The molecule has 7 rings (SSSR count). The highest BCUT2D eigenvalue weighted by Gasteiger charge is 2.26. The number of anilines is 1. The molecule has 3 amide bonds. The first kappa shape index (κ1) is 45.9. The molecule has 0 radical (unpaired) electrons. The van der Waals surface area contributed by atoms with Crippen molar-refractivity contribution in [3.63, 3.8) is 0 Å². The highest BCUT2D eigenvalue weighted by molar-refractivity contribution is 6.41. The molecule has 5 aromatic carbocycles. The number of aliphatic carboxylic acids is 1. The lowest BCUT2D eigenvalue weighted by atomic mass is 9.89. The summed E-state index contributed by atoms with van der Waals surface area (Å²) in [5, 5.41) is 38.6. The van der Waals surface area contributed by atoms with Gasteiger partial charge in [-0.05, 0) is 96.4 Å². The summed E-state index contributed by atoms with van der Waals surface area (Å²) in [5.74, 6) is -4.22. The fourth-order valence-corrected chi connectivity index (χ4v) is 8.15. The summed E-state index contributed by atoms with van der Waals surface area (Å²) < 4.78 is 11.7. The molecule has 0 spiro atoms. The number of halogens is 4. The van der Waals surface area contributed by atoms with E-state index in [1.165, 1.54) is 72.8 Å². The number of phenolic OH excluding ortho intramolecular Hbond substituents is 1. The molecule has 1 aliphatic heterocycles. The van der Waals surface area contributed by atoms with Crippen molar-refractivity contribution >= 4 is 92.7 Å². The predicted molar refractivity (Wildman–Crippen MR) is 246 cm³/mol. The minimum atomic E-state index is -1.39. The van der Waals surface area contributed by atoms with Gasteiger partial charge in [0.05, 0.1) is 43.4 Å². The third-order valence-electron chi connectivity index (χ3n) is 10.0. The molecule has 2 aliphatic rings. The highest BCUT2D eigenvalue weighted by atomic mass is 35.5. The molecule has 0 bridgehead atoms. The second-order valence-electron chi connectivity index (χ2n) is 14.4. The minimum Gasteiger partial charge on any atom is -0.508 e. The average Bonchev–Trinajstić information content (AvgIpc) is 3.25. The Bertz CT molecular complexity index is 3020. The second kappa shape index (κ2) is 19.7. The minimum absolute atomic E-state index is 0.0685. The standard InChI is InChI=1S/C47H33Cl4N3O11/c48-33-3-1-4-34(49)41(33)44(58)53-25-8-5-23(6-9-25)17-37(47(62)63)54-45(59)42-35(50)21-28(22-36(42)51)64-16-2-15-52-43(57)24-7-12-29(46(60)61)32(18-24)40-30-13-10-26(55)19-38(30)65-39-20-27(56)11-14-31(39)40/h1,3-14,18-22,37,55H,2,15-17H2,(H,52,57)(H,53,58)(H,54,59)(H,60,61)(H,62,63). The summed E-state index contributed by atoms with van der Waals surface area (Å²) in [5.41, 5.74) is 1.72. The van der Waals surface area contributed by atoms with Gasteiger partial charge in [0, 0.05) is 52.9 Å². The normalized spacial score (nSPS) is 11.5. The number of carbonyl (C=O) groups is 5. The molecule has 1 unspecified atom stereocenters. The molecule has 330 valence electrons. The molecule has 6 N–H and O–H groups in total. The summed E-state index contributed by atoms with van der Waals surface area (Å²) in [6.07, 6.45) is 0.171. The monoisotopic (exact) mass is 955 g/mol. The van der Waals surface area contributed by atoms with Crippen LogP contribution in [0, 0.1) is 0 Å². The molecule has 0 saturated heterocycles. The lowest BCUT2D eigenvalue weighted by molar-refractivity contribution is -0.139. The van der Waals surface area contributed by atoms with Crippen molar-refractivity contribution in [2.75, 3.05) is 18.5 Å². The fraction of sp³-hybridized carbons (Fsp3) is 0.106. The van der Waals surface area contributed by atoms with Crippen molar-refractivity contribution in [3.8, 4) is 33.9 Å². The van der Waals surface area contributed by atoms with E-state index in [4.69, 9.17) is 55.6 Å². The number of carbonyl (C=O) groups excluding carboxylic acids is 3. The molecule has 1 aliphatic carbocycles.